The van der Waals surface area contributed by atoms with Crippen molar-refractivity contribution < 1.29 is 19.8 Å². The monoisotopic (exact) mass is 349 g/mol. The quantitative estimate of drug-likeness (QED) is 0.667. The first-order valence-electron chi connectivity index (χ1n) is 5.90. The minimum Gasteiger partial charge on any atom is -0.480 e. The summed E-state index contributed by atoms with van der Waals surface area (Å²) in [6, 6.07) is 2.95. The van der Waals surface area contributed by atoms with E-state index in [2.05, 4.69) is 21.2 Å². The van der Waals surface area contributed by atoms with Gasteiger partial charge in [0.1, 0.15) is 6.04 Å². The normalized spacial score (nSPS) is 12.1. The zero-order valence-corrected chi connectivity index (χ0v) is 12.7. The number of carbonyl (C=O) groups is 2. The van der Waals surface area contributed by atoms with Crippen LogP contribution < -0.4 is 5.32 Å². The molecule has 1 aromatic rings. The Morgan fingerprint density at radius 1 is 1.42 bits per heavy atom. The van der Waals surface area contributed by atoms with Crippen molar-refractivity contribution in [2.24, 2.45) is 0 Å². The summed E-state index contributed by atoms with van der Waals surface area (Å²) in [5.74, 6) is -1.42. The van der Waals surface area contributed by atoms with E-state index in [0.717, 1.165) is 10.2 Å². The van der Waals surface area contributed by atoms with Crippen molar-refractivity contribution in [3.63, 3.8) is 0 Å². The molecule has 1 rings (SSSR count). The Balaban J connectivity index is 2.28. The first kappa shape index (κ1) is 16.1. The van der Waals surface area contributed by atoms with Crippen molar-refractivity contribution in [2.75, 3.05) is 6.61 Å². The number of halogens is 1. The molecule has 0 aromatic carbocycles. The van der Waals surface area contributed by atoms with Gasteiger partial charge >= 0.3 is 5.97 Å². The second kappa shape index (κ2) is 8.29. The lowest BCUT2D eigenvalue weighted by molar-refractivity contribution is -0.142. The van der Waals surface area contributed by atoms with Gasteiger partial charge in [-0.15, -0.1) is 11.3 Å². The van der Waals surface area contributed by atoms with Crippen LogP contribution in [0.1, 0.15) is 24.1 Å². The molecule has 0 spiro atoms. The van der Waals surface area contributed by atoms with Crippen LogP contribution in [0, 0.1) is 0 Å². The number of aliphatic hydroxyl groups is 1. The molecule has 0 unspecified atom stereocenters. The van der Waals surface area contributed by atoms with Crippen molar-refractivity contribution in [3.8, 4) is 0 Å². The second-order valence-corrected chi connectivity index (χ2v) is 6.58. The molecule has 0 saturated heterocycles. The van der Waals surface area contributed by atoms with Gasteiger partial charge in [-0.05, 0) is 40.9 Å². The highest BCUT2D eigenvalue weighted by molar-refractivity contribution is 9.11. The molecule has 1 aromatic heterocycles. The molecule has 0 fully saturated rings. The third-order valence-corrected chi connectivity index (χ3v) is 4.19. The van der Waals surface area contributed by atoms with E-state index in [1.165, 1.54) is 4.88 Å². The number of nitrogens with one attached hydrogen (secondary N) is 1. The number of carbonyl (C=O) groups excluding carboxylic acids is 1. The van der Waals surface area contributed by atoms with E-state index >= 15 is 0 Å². The minimum atomic E-state index is -1.12. The molecule has 7 heteroatoms. The maximum absolute atomic E-state index is 11.6. The molecule has 3 N–H and O–H groups in total. The second-order valence-electron chi connectivity index (χ2n) is 4.03. The van der Waals surface area contributed by atoms with Gasteiger partial charge in [-0.25, -0.2) is 4.79 Å². The number of hydrogen-bond acceptors (Lipinski definition) is 4. The number of carboxylic acid groups (broad SMARTS) is 1. The molecule has 1 heterocycles. The smallest absolute Gasteiger partial charge is 0.326 e. The van der Waals surface area contributed by atoms with Gasteiger partial charge in [0, 0.05) is 24.3 Å². The van der Waals surface area contributed by atoms with Crippen LogP contribution in [-0.4, -0.2) is 34.7 Å². The summed E-state index contributed by atoms with van der Waals surface area (Å²) in [5, 5.41) is 19.9. The van der Waals surface area contributed by atoms with Gasteiger partial charge < -0.3 is 15.5 Å². The predicted molar refractivity (Wildman–Crippen MR) is 76.2 cm³/mol. The number of aliphatic hydroxyl groups excluding tert-OH is 1. The molecular formula is C12H16BrNO4S. The van der Waals surface area contributed by atoms with Gasteiger partial charge in [-0.2, -0.15) is 0 Å². The maximum Gasteiger partial charge on any atom is 0.326 e. The first-order chi connectivity index (χ1) is 9.02. The molecule has 106 valence electrons. The summed E-state index contributed by atoms with van der Waals surface area (Å²) >= 11 is 4.99. The third kappa shape index (κ3) is 6.17. The highest BCUT2D eigenvalue weighted by Gasteiger charge is 2.18. The molecule has 5 nitrogen and oxygen atoms in total. The molecule has 0 saturated carbocycles. The standard InChI is InChI=1S/C12H16BrNO4S/c13-10-5-4-8(19-10)2-1-3-11(16)14-9(6-7-15)12(17)18/h4-5,9,15H,1-3,6-7H2,(H,14,16)(H,17,18)/t9-/m1/s1. The van der Waals surface area contributed by atoms with Crippen LogP contribution in [0.3, 0.4) is 0 Å². The number of rotatable bonds is 8. The molecule has 1 amide bonds. The SMILES string of the molecule is O=C(CCCc1ccc(Br)s1)N[C@H](CCO)C(=O)O. The zero-order chi connectivity index (χ0) is 14.3. The Morgan fingerprint density at radius 3 is 2.68 bits per heavy atom. The summed E-state index contributed by atoms with van der Waals surface area (Å²) in [6.45, 7) is -0.263. The predicted octanol–water partition coefficient (Wildman–Crippen LogP) is 1.79. The molecular weight excluding hydrogens is 334 g/mol. The van der Waals surface area contributed by atoms with Crippen LogP contribution in [0.5, 0.6) is 0 Å². The number of aliphatic carboxylic acids is 1. The van der Waals surface area contributed by atoms with E-state index < -0.39 is 12.0 Å². The Hall–Kier alpha value is -0.920. The Morgan fingerprint density at radius 2 is 2.16 bits per heavy atom. The number of amides is 1. The fraction of sp³-hybridized carbons (Fsp3) is 0.500. The topological polar surface area (TPSA) is 86.6 Å². The van der Waals surface area contributed by atoms with Crippen molar-refractivity contribution in [1.82, 2.24) is 5.32 Å². The van der Waals surface area contributed by atoms with Gasteiger partial charge in [0.2, 0.25) is 5.91 Å². The van der Waals surface area contributed by atoms with E-state index in [0.29, 0.717) is 6.42 Å². The first-order valence-corrected chi connectivity index (χ1v) is 7.51. The van der Waals surface area contributed by atoms with Crippen molar-refractivity contribution in [3.05, 3.63) is 20.8 Å². The molecule has 1 atom stereocenters. The third-order valence-electron chi connectivity index (χ3n) is 2.51. The zero-order valence-electron chi connectivity index (χ0n) is 10.3. The number of carboxylic acids is 1. The summed E-state index contributed by atoms with van der Waals surface area (Å²) in [4.78, 5) is 23.5. The Bertz CT molecular complexity index is 435. The fourth-order valence-corrected chi connectivity index (χ4v) is 3.09. The van der Waals surface area contributed by atoms with Crippen molar-refractivity contribution in [2.45, 2.75) is 31.7 Å². The van der Waals surface area contributed by atoms with Gasteiger partial charge in [0.25, 0.3) is 0 Å². The van der Waals surface area contributed by atoms with E-state index in [1.54, 1.807) is 11.3 Å². The van der Waals surface area contributed by atoms with E-state index in [4.69, 9.17) is 10.2 Å². The molecule has 0 aliphatic heterocycles. The van der Waals surface area contributed by atoms with Gasteiger partial charge in [0.05, 0.1) is 3.79 Å². The lowest BCUT2D eigenvalue weighted by atomic mass is 10.1. The number of aryl methyl sites for hydroxylation is 1. The van der Waals surface area contributed by atoms with Crippen LogP contribution in [0.4, 0.5) is 0 Å². The molecule has 19 heavy (non-hydrogen) atoms. The Labute approximate surface area is 123 Å². The van der Waals surface area contributed by atoms with Crippen LogP contribution in [0.2, 0.25) is 0 Å². The average Bonchev–Trinajstić information content (AvgIpc) is 2.74. The number of thiophene rings is 1. The lowest BCUT2D eigenvalue weighted by Gasteiger charge is -2.12. The van der Waals surface area contributed by atoms with Gasteiger partial charge in [-0.1, -0.05) is 0 Å². The molecule has 0 aliphatic carbocycles. The van der Waals surface area contributed by atoms with E-state index in [9.17, 15) is 9.59 Å². The molecule has 0 aliphatic rings. The number of hydrogen-bond donors (Lipinski definition) is 3. The largest absolute Gasteiger partial charge is 0.480 e. The summed E-state index contributed by atoms with van der Waals surface area (Å²) in [6.07, 6.45) is 1.77. The highest BCUT2D eigenvalue weighted by atomic mass is 79.9. The summed E-state index contributed by atoms with van der Waals surface area (Å²) in [5.41, 5.74) is 0. The van der Waals surface area contributed by atoms with Crippen LogP contribution >= 0.6 is 27.3 Å². The van der Waals surface area contributed by atoms with Gasteiger partial charge in [-0.3, -0.25) is 4.79 Å². The average molecular weight is 350 g/mol. The molecule has 0 radical (unpaired) electrons. The van der Waals surface area contributed by atoms with Crippen molar-refractivity contribution in [1.29, 1.82) is 0 Å². The highest BCUT2D eigenvalue weighted by Crippen LogP contribution is 2.23. The maximum atomic E-state index is 11.6. The van der Waals surface area contributed by atoms with Crippen LogP contribution in [0.15, 0.2) is 15.9 Å². The van der Waals surface area contributed by atoms with E-state index in [-0.39, 0.29) is 25.4 Å². The lowest BCUT2D eigenvalue weighted by Crippen LogP contribution is -2.41. The summed E-state index contributed by atoms with van der Waals surface area (Å²) < 4.78 is 1.06. The minimum absolute atomic E-state index is 0.0267. The Kier molecular flexibility index (Phi) is 7.04. The summed E-state index contributed by atoms with van der Waals surface area (Å²) in [7, 11) is 0. The molecule has 0 bridgehead atoms. The van der Waals surface area contributed by atoms with E-state index in [1.807, 2.05) is 12.1 Å². The van der Waals surface area contributed by atoms with Crippen LogP contribution in [0.25, 0.3) is 0 Å². The van der Waals surface area contributed by atoms with Gasteiger partial charge in [0.15, 0.2) is 0 Å². The van der Waals surface area contributed by atoms with Crippen LogP contribution in [-0.2, 0) is 16.0 Å². The fourth-order valence-electron chi connectivity index (χ4n) is 1.56. The van der Waals surface area contributed by atoms with Crippen molar-refractivity contribution >= 4 is 39.1 Å².